The van der Waals surface area contributed by atoms with E-state index in [9.17, 15) is 4.79 Å². The van der Waals surface area contributed by atoms with Crippen LogP contribution in [0, 0.1) is 5.92 Å². The Bertz CT molecular complexity index is 535. The van der Waals surface area contributed by atoms with Gasteiger partial charge in [0.05, 0.1) is 6.10 Å². The molecule has 0 radical (unpaired) electrons. The van der Waals surface area contributed by atoms with E-state index < -0.39 is 0 Å². The number of hydrogen-bond acceptors (Lipinski definition) is 4. The second-order valence-electron chi connectivity index (χ2n) is 6.58. The van der Waals surface area contributed by atoms with Crippen LogP contribution >= 0.6 is 12.4 Å². The first-order valence-electron chi connectivity index (χ1n) is 8.60. The standard InChI is InChI=1S/C18H26N2O3.ClH/c19-17-8-1-4-13(17)10-18(21)20-14-5-2-6-15(11-14)23-12-16-7-3-9-22-16;/h2,5-6,11,13,16-17H,1,3-4,7-10,12,19H2,(H,20,21);1H/t13-,16?,17+;/m0./s1. The second kappa shape index (κ2) is 9.25. The highest BCUT2D eigenvalue weighted by atomic mass is 35.5. The number of amides is 1. The fourth-order valence-corrected chi connectivity index (χ4v) is 3.40. The molecule has 3 N–H and O–H groups in total. The van der Waals surface area contributed by atoms with Crippen LogP contribution in [-0.4, -0.2) is 31.3 Å². The second-order valence-corrected chi connectivity index (χ2v) is 6.58. The van der Waals surface area contributed by atoms with E-state index in [0.717, 1.165) is 50.1 Å². The van der Waals surface area contributed by atoms with E-state index in [0.29, 0.717) is 18.9 Å². The summed E-state index contributed by atoms with van der Waals surface area (Å²) >= 11 is 0. The maximum absolute atomic E-state index is 12.2. The maximum Gasteiger partial charge on any atom is 0.224 e. The Labute approximate surface area is 149 Å². The molecule has 1 aliphatic heterocycles. The average Bonchev–Trinajstić information content (AvgIpc) is 3.18. The van der Waals surface area contributed by atoms with Crippen molar-refractivity contribution in [3.05, 3.63) is 24.3 Å². The van der Waals surface area contributed by atoms with Crippen molar-refractivity contribution < 1.29 is 14.3 Å². The lowest BCUT2D eigenvalue weighted by molar-refractivity contribution is -0.117. The summed E-state index contributed by atoms with van der Waals surface area (Å²) in [7, 11) is 0. The van der Waals surface area contributed by atoms with Crippen LogP contribution in [0.5, 0.6) is 5.75 Å². The first kappa shape index (κ1) is 19.0. The molecule has 1 aromatic rings. The number of benzene rings is 1. The lowest BCUT2D eigenvalue weighted by Gasteiger charge is -2.15. The van der Waals surface area contributed by atoms with Gasteiger partial charge in [0.2, 0.25) is 5.91 Å². The molecule has 1 aromatic carbocycles. The summed E-state index contributed by atoms with van der Waals surface area (Å²) < 4.78 is 11.3. The van der Waals surface area contributed by atoms with Crippen molar-refractivity contribution in [1.29, 1.82) is 0 Å². The van der Waals surface area contributed by atoms with Crippen LogP contribution in [0.2, 0.25) is 0 Å². The van der Waals surface area contributed by atoms with Crippen molar-refractivity contribution in [2.75, 3.05) is 18.5 Å². The molecule has 3 rings (SSSR count). The van der Waals surface area contributed by atoms with E-state index in [-0.39, 0.29) is 30.5 Å². The smallest absolute Gasteiger partial charge is 0.224 e. The van der Waals surface area contributed by atoms with Gasteiger partial charge in [-0.25, -0.2) is 0 Å². The molecule has 1 saturated heterocycles. The van der Waals surface area contributed by atoms with Crippen molar-refractivity contribution >= 4 is 24.0 Å². The van der Waals surface area contributed by atoms with Crippen LogP contribution in [0.15, 0.2) is 24.3 Å². The zero-order valence-electron chi connectivity index (χ0n) is 13.9. The fraction of sp³-hybridized carbons (Fsp3) is 0.611. The highest BCUT2D eigenvalue weighted by molar-refractivity contribution is 5.91. The van der Waals surface area contributed by atoms with E-state index in [1.54, 1.807) is 0 Å². The van der Waals surface area contributed by atoms with Gasteiger partial charge in [-0.15, -0.1) is 12.4 Å². The number of halogens is 1. The molecule has 0 spiro atoms. The van der Waals surface area contributed by atoms with Gasteiger partial charge in [0.25, 0.3) is 0 Å². The molecule has 1 saturated carbocycles. The minimum Gasteiger partial charge on any atom is -0.491 e. The van der Waals surface area contributed by atoms with Gasteiger partial charge >= 0.3 is 0 Å². The lowest BCUT2D eigenvalue weighted by Crippen LogP contribution is -2.28. The first-order chi connectivity index (χ1) is 11.2. The van der Waals surface area contributed by atoms with E-state index in [1.165, 1.54) is 0 Å². The highest BCUT2D eigenvalue weighted by Crippen LogP contribution is 2.27. The van der Waals surface area contributed by atoms with Gasteiger partial charge in [-0.1, -0.05) is 12.5 Å². The normalized spacial score (nSPS) is 26.0. The predicted molar refractivity (Wildman–Crippen MR) is 96.7 cm³/mol. The number of carbonyl (C=O) groups is 1. The van der Waals surface area contributed by atoms with E-state index >= 15 is 0 Å². The van der Waals surface area contributed by atoms with Crippen LogP contribution in [-0.2, 0) is 9.53 Å². The minimum atomic E-state index is 0. The Hall–Kier alpha value is -1.30. The fourth-order valence-electron chi connectivity index (χ4n) is 3.40. The van der Waals surface area contributed by atoms with Gasteiger partial charge in [-0.05, 0) is 43.7 Å². The van der Waals surface area contributed by atoms with Gasteiger partial charge in [-0.3, -0.25) is 4.79 Å². The molecule has 2 fully saturated rings. The number of nitrogens with one attached hydrogen (secondary N) is 1. The summed E-state index contributed by atoms with van der Waals surface area (Å²) in [6.45, 7) is 1.39. The molecule has 2 aliphatic rings. The van der Waals surface area contributed by atoms with Gasteiger partial charge in [0.1, 0.15) is 12.4 Å². The molecule has 1 heterocycles. The summed E-state index contributed by atoms with van der Waals surface area (Å²) in [6, 6.07) is 7.70. The third-order valence-electron chi connectivity index (χ3n) is 4.74. The Balaban J connectivity index is 0.00000208. The molecule has 5 nitrogen and oxygen atoms in total. The molecule has 24 heavy (non-hydrogen) atoms. The number of nitrogens with two attached hydrogens (primary N) is 1. The molecular weight excluding hydrogens is 328 g/mol. The molecule has 134 valence electrons. The predicted octanol–water partition coefficient (Wildman–Crippen LogP) is 3.12. The van der Waals surface area contributed by atoms with Crippen molar-refractivity contribution in [3.8, 4) is 5.75 Å². The zero-order chi connectivity index (χ0) is 16.1. The number of hydrogen-bond donors (Lipinski definition) is 2. The minimum absolute atomic E-state index is 0. The molecule has 1 unspecified atom stereocenters. The molecule has 6 heteroatoms. The average molecular weight is 355 g/mol. The Morgan fingerprint density at radius 1 is 1.29 bits per heavy atom. The Morgan fingerprint density at radius 3 is 2.88 bits per heavy atom. The Morgan fingerprint density at radius 2 is 2.17 bits per heavy atom. The summed E-state index contributed by atoms with van der Waals surface area (Å²) in [6.07, 6.45) is 6.07. The van der Waals surface area contributed by atoms with Gasteiger partial charge in [0.15, 0.2) is 0 Å². The maximum atomic E-state index is 12.2. The van der Waals surface area contributed by atoms with Crippen molar-refractivity contribution in [2.24, 2.45) is 11.7 Å². The van der Waals surface area contributed by atoms with Gasteiger partial charge in [0, 0.05) is 30.8 Å². The summed E-state index contributed by atoms with van der Waals surface area (Å²) in [5.41, 5.74) is 6.80. The van der Waals surface area contributed by atoms with Crippen LogP contribution in [0.4, 0.5) is 5.69 Å². The topological polar surface area (TPSA) is 73.6 Å². The quantitative estimate of drug-likeness (QED) is 0.823. The van der Waals surface area contributed by atoms with Crippen molar-refractivity contribution in [1.82, 2.24) is 0 Å². The summed E-state index contributed by atoms with van der Waals surface area (Å²) in [5.74, 6) is 1.11. The highest BCUT2D eigenvalue weighted by Gasteiger charge is 2.26. The summed E-state index contributed by atoms with van der Waals surface area (Å²) in [5, 5.41) is 2.95. The van der Waals surface area contributed by atoms with Gasteiger partial charge in [-0.2, -0.15) is 0 Å². The van der Waals surface area contributed by atoms with E-state index in [4.69, 9.17) is 15.2 Å². The zero-order valence-corrected chi connectivity index (χ0v) is 14.7. The first-order valence-corrected chi connectivity index (χ1v) is 8.60. The largest absolute Gasteiger partial charge is 0.491 e. The van der Waals surface area contributed by atoms with Crippen molar-refractivity contribution in [3.63, 3.8) is 0 Å². The summed E-state index contributed by atoms with van der Waals surface area (Å²) in [4.78, 5) is 12.2. The molecular formula is C18H27ClN2O3. The van der Waals surface area contributed by atoms with E-state index in [1.807, 2.05) is 24.3 Å². The monoisotopic (exact) mass is 354 g/mol. The molecule has 0 aromatic heterocycles. The Kier molecular flexibility index (Phi) is 7.34. The van der Waals surface area contributed by atoms with Crippen LogP contribution in [0.25, 0.3) is 0 Å². The van der Waals surface area contributed by atoms with Crippen LogP contribution in [0.3, 0.4) is 0 Å². The molecule has 3 atom stereocenters. The van der Waals surface area contributed by atoms with Crippen LogP contribution in [0.1, 0.15) is 38.5 Å². The SMILES string of the molecule is Cl.N[C@@H]1CCC[C@H]1CC(=O)Nc1cccc(OCC2CCCO2)c1. The molecule has 1 amide bonds. The van der Waals surface area contributed by atoms with Gasteiger partial charge < -0.3 is 20.5 Å². The lowest BCUT2D eigenvalue weighted by atomic mass is 10.00. The van der Waals surface area contributed by atoms with Crippen molar-refractivity contribution in [2.45, 2.75) is 50.7 Å². The molecule has 1 aliphatic carbocycles. The number of carbonyl (C=O) groups excluding carboxylic acids is 1. The number of rotatable bonds is 6. The van der Waals surface area contributed by atoms with E-state index in [2.05, 4.69) is 5.32 Å². The number of anilines is 1. The van der Waals surface area contributed by atoms with Crippen LogP contribution < -0.4 is 15.8 Å². The third kappa shape index (κ3) is 5.36. The number of ether oxygens (including phenoxy) is 2. The third-order valence-corrected chi connectivity index (χ3v) is 4.74. The molecule has 0 bridgehead atoms.